The van der Waals surface area contributed by atoms with E-state index in [1.807, 2.05) is 0 Å². The molecule has 0 unspecified atom stereocenters. The lowest BCUT2D eigenvalue weighted by molar-refractivity contribution is -0.121. The molecule has 0 spiro atoms. The van der Waals surface area contributed by atoms with Crippen molar-refractivity contribution in [2.45, 2.75) is 6.92 Å². The Morgan fingerprint density at radius 1 is 1.88 bits per heavy atom. The van der Waals surface area contributed by atoms with E-state index in [4.69, 9.17) is 4.74 Å². The van der Waals surface area contributed by atoms with Crippen molar-refractivity contribution in [2.75, 3.05) is 13.2 Å². The van der Waals surface area contributed by atoms with Crippen LogP contribution in [0.4, 0.5) is 0 Å². The summed E-state index contributed by atoms with van der Waals surface area (Å²) in [7, 11) is 0. The topological polar surface area (TPSA) is 26.3 Å². The number of carbonyl (C=O) groups is 1. The monoisotopic (exact) mass is 114 g/mol. The first-order chi connectivity index (χ1) is 3.77. The standard InChI is InChI=1S/C6H10O2/c1-3-4-8-5-6(2)7/h3H,1,4-5H2,2H3. The first kappa shape index (κ1) is 7.37. The lowest BCUT2D eigenvalue weighted by Crippen LogP contribution is -2.02. The van der Waals surface area contributed by atoms with Gasteiger partial charge < -0.3 is 4.74 Å². The molecule has 8 heavy (non-hydrogen) atoms. The van der Waals surface area contributed by atoms with Gasteiger partial charge in [0.25, 0.3) is 0 Å². The fraction of sp³-hybridized carbons (Fsp3) is 0.500. The predicted octanol–water partition coefficient (Wildman–Crippen LogP) is 0.778. The minimum absolute atomic E-state index is 0.0480. The van der Waals surface area contributed by atoms with Crippen molar-refractivity contribution in [3.05, 3.63) is 12.7 Å². The van der Waals surface area contributed by atoms with E-state index in [1.54, 1.807) is 6.08 Å². The number of hydrogen-bond acceptors (Lipinski definition) is 2. The molecule has 0 aliphatic rings. The second kappa shape index (κ2) is 4.53. The fourth-order valence-electron chi connectivity index (χ4n) is 0.286. The highest BCUT2D eigenvalue weighted by Crippen LogP contribution is 1.74. The van der Waals surface area contributed by atoms with Gasteiger partial charge in [-0.3, -0.25) is 4.79 Å². The van der Waals surface area contributed by atoms with Crippen LogP contribution in [0.15, 0.2) is 12.7 Å². The molecule has 0 fully saturated rings. The summed E-state index contributed by atoms with van der Waals surface area (Å²) in [6.07, 6.45) is 1.61. The lowest BCUT2D eigenvalue weighted by atomic mass is 10.5. The van der Waals surface area contributed by atoms with Crippen molar-refractivity contribution >= 4 is 5.78 Å². The summed E-state index contributed by atoms with van der Waals surface area (Å²) in [6, 6.07) is 0. The molecule has 0 N–H and O–H groups in total. The van der Waals surface area contributed by atoms with E-state index in [0.717, 1.165) is 0 Å². The summed E-state index contributed by atoms with van der Waals surface area (Å²) in [5, 5.41) is 0. The first-order valence-electron chi connectivity index (χ1n) is 2.45. The minimum atomic E-state index is 0.0480. The number of carbonyl (C=O) groups excluding carboxylic acids is 1. The van der Waals surface area contributed by atoms with E-state index >= 15 is 0 Å². The summed E-state index contributed by atoms with van der Waals surface area (Å²) < 4.78 is 4.78. The van der Waals surface area contributed by atoms with E-state index in [2.05, 4.69) is 6.58 Å². The third kappa shape index (κ3) is 5.37. The smallest absolute Gasteiger partial charge is 0.155 e. The summed E-state index contributed by atoms with van der Waals surface area (Å²) in [6.45, 7) is 5.57. The molecule has 46 valence electrons. The summed E-state index contributed by atoms with van der Waals surface area (Å²) in [5.74, 6) is 0.0480. The van der Waals surface area contributed by atoms with Gasteiger partial charge in [-0.25, -0.2) is 0 Å². The highest BCUT2D eigenvalue weighted by Gasteiger charge is 1.87. The zero-order chi connectivity index (χ0) is 6.41. The largest absolute Gasteiger partial charge is 0.370 e. The van der Waals surface area contributed by atoms with Crippen LogP contribution in [0.3, 0.4) is 0 Å². The van der Waals surface area contributed by atoms with Gasteiger partial charge in [-0.2, -0.15) is 0 Å². The number of rotatable bonds is 4. The summed E-state index contributed by atoms with van der Waals surface area (Å²) in [5.41, 5.74) is 0. The third-order valence-corrected chi connectivity index (χ3v) is 0.541. The third-order valence-electron chi connectivity index (χ3n) is 0.541. The van der Waals surface area contributed by atoms with Gasteiger partial charge in [-0.1, -0.05) is 6.08 Å². The number of ether oxygens (including phenoxy) is 1. The molecule has 0 amide bonds. The van der Waals surface area contributed by atoms with Gasteiger partial charge in [-0.15, -0.1) is 6.58 Å². The molecule has 0 saturated carbocycles. The van der Waals surface area contributed by atoms with Crippen LogP contribution in [0, 0.1) is 0 Å². The van der Waals surface area contributed by atoms with Crippen LogP contribution in [0.1, 0.15) is 6.92 Å². The maximum absolute atomic E-state index is 10.2. The Bertz CT molecular complexity index is 86.5. The Labute approximate surface area is 49.1 Å². The molecule has 2 heteroatoms. The van der Waals surface area contributed by atoms with Crippen LogP contribution < -0.4 is 0 Å². The van der Waals surface area contributed by atoms with Gasteiger partial charge in [0.15, 0.2) is 5.78 Å². The van der Waals surface area contributed by atoms with Crippen molar-refractivity contribution in [3.63, 3.8) is 0 Å². The van der Waals surface area contributed by atoms with E-state index in [0.29, 0.717) is 6.61 Å². The number of hydrogen-bond donors (Lipinski definition) is 0. The van der Waals surface area contributed by atoms with Gasteiger partial charge in [0.05, 0.1) is 6.61 Å². The van der Waals surface area contributed by atoms with Gasteiger partial charge in [0.2, 0.25) is 0 Å². The molecule has 0 aromatic heterocycles. The Hall–Kier alpha value is -0.630. The van der Waals surface area contributed by atoms with Crippen molar-refractivity contribution in [2.24, 2.45) is 0 Å². The zero-order valence-corrected chi connectivity index (χ0v) is 5.02. The molecule has 0 heterocycles. The van der Waals surface area contributed by atoms with Crippen LogP contribution >= 0.6 is 0 Å². The average Bonchev–Trinajstić information content (AvgIpc) is 1.66. The van der Waals surface area contributed by atoms with Crippen molar-refractivity contribution < 1.29 is 9.53 Å². The summed E-state index contributed by atoms with van der Waals surface area (Å²) in [4.78, 5) is 10.2. The van der Waals surface area contributed by atoms with Crippen LogP contribution in [0.5, 0.6) is 0 Å². The van der Waals surface area contributed by atoms with Crippen LogP contribution in [0.25, 0.3) is 0 Å². The normalized spacial score (nSPS) is 8.62. The molecule has 0 saturated heterocycles. The molecular weight excluding hydrogens is 104 g/mol. The number of Topliss-reactive ketones (excluding diaryl/α,β-unsaturated/α-hetero) is 1. The molecule has 2 nitrogen and oxygen atoms in total. The Morgan fingerprint density at radius 2 is 2.50 bits per heavy atom. The Kier molecular flexibility index (Phi) is 4.17. The van der Waals surface area contributed by atoms with Crippen molar-refractivity contribution in [1.82, 2.24) is 0 Å². The number of ketones is 1. The average molecular weight is 114 g/mol. The molecule has 0 aliphatic heterocycles. The lowest BCUT2D eigenvalue weighted by Gasteiger charge is -1.92. The van der Waals surface area contributed by atoms with Gasteiger partial charge in [0, 0.05) is 0 Å². The van der Waals surface area contributed by atoms with E-state index in [9.17, 15) is 4.79 Å². The summed E-state index contributed by atoms with van der Waals surface area (Å²) >= 11 is 0. The van der Waals surface area contributed by atoms with Crippen molar-refractivity contribution in [1.29, 1.82) is 0 Å². The van der Waals surface area contributed by atoms with Gasteiger partial charge >= 0.3 is 0 Å². The molecule has 0 aromatic rings. The van der Waals surface area contributed by atoms with Crippen LogP contribution in [-0.4, -0.2) is 19.0 Å². The molecule has 0 atom stereocenters. The highest BCUT2D eigenvalue weighted by atomic mass is 16.5. The molecule has 0 bridgehead atoms. The molecule has 0 radical (unpaired) electrons. The molecular formula is C6H10O2. The van der Waals surface area contributed by atoms with E-state index in [-0.39, 0.29) is 12.4 Å². The van der Waals surface area contributed by atoms with Crippen LogP contribution in [-0.2, 0) is 9.53 Å². The van der Waals surface area contributed by atoms with Crippen LogP contribution in [0.2, 0.25) is 0 Å². The SMILES string of the molecule is C=CCOCC(C)=O. The Balaban J connectivity index is 2.93. The predicted molar refractivity (Wildman–Crippen MR) is 31.7 cm³/mol. The second-order valence-corrected chi connectivity index (χ2v) is 1.51. The quantitative estimate of drug-likeness (QED) is 0.398. The minimum Gasteiger partial charge on any atom is -0.370 e. The molecule has 0 aromatic carbocycles. The molecule has 0 aliphatic carbocycles. The maximum atomic E-state index is 10.2. The first-order valence-corrected chi connectivity index (χ1v) is 2.45. The second-order valence-electron chi connectivity index (χ2n) is 1.51. The maximum Gasteiger partial charge on any atom is 0.155 e. The van der Waals surface area contributed by atoms with E-state index < -0.39 is 0 Å². The fourth-order valence-corrected chi connectivity index (χ4v) is 0.286. The van der Waals surface area contributed by atoms with Gasteiger partial charge in [-0.05, 0) is 6.92 Å². The zero-order valence-electron chi connectivity index (χ0n) is 5.02. The van der Waals surface area contributed by atoms with Gasteiger partial charge in [0.1, 0.15) is 6.61 Å². The van der Waals surface area contributed by atoms with E-state index in [1.165, 1.54) is 6.92 Å². The van der Waals surface area contributed by atoms with Crippen molar-refractivity contribution in [3.8, 4) is 0 Å². The highest BCUT2D eigenvalue weighted by molar-refractivity contribution is 5.76. The Morgan fingerprint density at radius 3 is 2.88 bits per heavy atom. The molecule has 0 rings (SSSR count).